The lowest BCUT2D eigenvalue weighted by molar-refractivity contribution is -0.163. The van der Waals surface area contributed by atoms with Crippen LogP contribution in [0.4, 0.5) is 0 Å². The molecular weight excluding hydrogens is 402 g/mol. The Labute approximate surface area is 190 Å². The number of hydrogen-bond donors (Lipinski definition) is 2. The van der Waals surface area contributed by atoms with E-state index in [0.717, 1.165) is 54.8 Å². The number of nitrogens with two attached hydrogens (primary N) is 1. The zero-order chi connectivity index (χ0) is 23.2. The molecule has 1 unspecified atom stereocenters. The van der Waals surface area contributed by atoms with Crippen LogP contribution in [0.5, 0.6) is 0 Å². The summed E-state index contributed by atoms with van der Waals surface area (Å²) in [6.07, 6.45) is 5.05. The topological polar surface area (TPSA) is 83.6 Å². The maximum absolute atomic E-state index is 13.8. The van der Waals surface area contributed by atoms with Gasteiger partial charge in [-0.1, -0.05) is 19.1 Å². The molecule has 3 N–H and O–H groups in total. The van der Waals surface area contributed by atoms with E-state index >= 15 is 0 Å². The van der Waals surface area contributed by atoms with Crippen LogP contribution in [0.15, 0.2) is 30.4 Å². The highest BCUT2D eigenvalue weighted by Crippen LogP contribution is 2.36. The number of aryl methyl sites for hydroxylation is 1. The molecule has 0 spiro atoms. The van der Waals surface area contributed by atoms with Crippen molar-refractivity contribution < 1.29 is 9.59 Å². The van der Waals surface area contributed by atoms with Gasteiger partial charge in [0.05, 0.1) is 11.5 Å². The quantitative estimate of drug-likeness (QED) is 0.704. The average molecular weight is 438 g/mol. The summed E-state index contributed by atoms with van der Waals surface area (Å²) >= 11 is 0. The number of fused-ring (bicyclic) bond motifs is 1. The Bertz CT molecular complexity index is 1080. The molecule has 0 aliphatic carbocycles. The van der Waals surface area contributed by atoms with Gasteiger partial charge in [0.25, 0.3) is 0 Å². The SMILES string of the molecule is CC[C@H](C)n1c(C)cc2c(C(N)=O)cc(C3C=CC(C)(C)N(N4CCNCC4)C3=O)cc21. The van der Waals surface area contributed by atoms with Gasteiger partial charge in [0.2, 0.25) is 11.8 Å². The van der Waals surface area contributed by atoms with Gasteiger partial charge in [-0.2, -0.15) is 0 Å². The molecule has 0 saturated carbocycles. The smallest absolute Gasteiger partial charge is 0.249 e. The van der Waals surface area contributed by atoms with Gasteiger partial charge in [-0.25, -0.2) is 5.01 Å². The minimum absolute atomic E-state index is 0.0348. The summed E-state index contributed by atoms with van der Waals surface area (Å²) in [5.41, 5.74) is 8.72. The maximum Gasteiger partial charge on any atom is 0.249 e. The molecule has 32 heavy (non-hydrogen) atoms. The number of benzene rings is 1. The number of nitrogens with one attached hydrogen (secondary N) is 1. The van der Waals surface area contributed by atoms with Crippen LogP contribution in [-0.4, -0.2) is 58.1 Å². The van der Waals surface area contributed by atoms with Crippen LogP contribution < -0.4 is 11.1 Å². The number of nitrogens with zero attached hydrogens (tertiary/aromatic N) is 3. The van der Waals surface area contributed by atoms with E-state index in [-0.39, 0.29) is 11.9 Å². The van der Waals surface area contributed by atoms with E-state index in [1.807, 2.05) is 23.2 Å². The van der Waals surface area contributed by atoms with Crippen LogP contribution in [-0.2, 0) is 4.79 Å². The molecule has 2 amide bonds. The molecule has 1 aromatic heterocycles. The van der Waals surface area contributed by atoms with Crippen molar-refractivity contribution in [3.8, 4) is 0 Å². The van der Waals surface area contributed by atoms with Gasteiger partial charge in [0.15, 0.2) is 0 Å². The third-order valence-corrected chi connectivity index (χ3v) is 6.92. The Balaban J connectivity index is 1.85. The van der Waals surface area contributed by atoms with Crippen molar-refractivity contribution in [1.29, 1.82) is 0 Å². The summed E-state index contributed by atoms with van der Waals surface area (Å²) in [7, 11) is 0. The van der Waals surface area contributed by atoms with Gasteiger partial charge in [-0.15, -0.1) is 0 Å². The second kappa shape index (κ2) is 8.37. The molecule has 0 radical (unpaired) electrons. The molecule has 2 aliphatic heterocycles. The monoisotopic (exact) mass is 437 g/mol. The third-order valence-electron chi connectivity index (χ3n) is 6.92. The van der Waals surface area contributed by atoms with Crippen LogP contribution in [0.3, 0.4) is 0 Å². The predicted octanol–water partition coefficient (Wildman–Crippen LogP) is 3.10. The largest absolute Gasteiger partial charge is 0.366 e. The second-order valence-electron chi connectivity index (χ2n) is 9.62. The molecule has 172 valence electrons. The minimum atomic E-state index is -0.468. The molecule has 4 rings (SSSR count). The third kappa shape index (κ3) is 3.73. The second-order valence-corrected chi connectivity index (χ2v) is 9.62. The number of aromatic nitrogens is 1. The fraction of sp³-hybridized carbons (Fsp3) is 0.520. The fourth-order valence-electron chi connectivity index (χ4n) is 5.14. The van der Waals surface area contributed by atoms with E-state index in [1.165, 1.54) is 0 Å². The Morgan fingerprint density at radius 3 is 2.56 bits per heavy atom. The van der Waals surface area contributed by atoms with Crippen LogP contribution in [0.2, 0.25) is 0 Å². The number of amides is 2. The summed E-state index contributed by atoms with van der Waals surface area (Å²) < 4.78 is 2.25. The van der Waals surface area contributed by atoms with Crippen LogP contribution >= 0.6 is 0 Å². The molecular formula is C25H35N5O2. The zero-order valence-corrected chi connectivity index (χ0v) is 19.8. The van der Waals surface area contributed by atoms with Crippen molar-refractivity contribution in [2.24, 2.45) is 5.73 Å². The van der Waals surface area contributed by atoms with Gasteiger partial charge >= 0.3 is 0 Å². The number of hydrogen-bond acceptors (Lipinski definition) is 4. The van der Waals surface area contributed by atoms with E-state index in [2.05, 4.69) is 61.7 Å². The van der Waals surface area contributed by atoms with Crippen molar-refractivity contribution in [3.63, 3.8) is 0 Å². The fourth-order valence-corrected chi connectivity index (χ4v) is 5.14. The number of carbonyl (C=O) groups excluding carboxylic acids is 2. The summed E-state index contributed by atoms with van der Waals surface area (Å²) in [4.78, 5) is 26.2. The Hall–Kier alpha value is -2.64. The number of piperazine rings is 1. The van der Waals surface area contributed by atoms with Crippen molar-refractivity contribution in [1.82, 2.24) is 19.9 Å². The van der Waals surface area contributed by atoms with Crippen molar-refractivity contribution >= 4 is 22.7 Å². The molecule has 1 fully saturated rings. The number of rotatable bonds is 5. The molecule has 2 aliphatic rings. The Kier molecular flexibility index (Phi) is 5.90. The molecule has 2 atom stereocenters. The Morgan fingerprint density at radius 2 is 1.94 bits per heavy atom. The van der Waals surface area contributed by atoms with Gasteiger partial charge in [-0.05, 0) is 57.9 Å². The standard InChI is InChI=1S/C25H35N5O2/c1-6-16(2)29-17(3)13-20-21(23(26)31)14-18(15-22(20)29)19-7-8-25(4,5)30(24(19)32)28-11-9-27-10-12-28/h7-8,13-16,19,27H,6,9-12H2,1-5H3,(H2,26,31)/t16-,19?/m0/s1. The van der Waals surface area contributed by atoms with Crippen LogP contribution in [0, 0.1) is 6.92 Å². The summed E-state index contributed by atoms with van der Waals surface area (Å²) in [5, 5.41) is 8.26. The first kappa shape index (κ1) is 22.6. The van der Waals surface area contributed by atoms with E-state index in [1.54, 1.807) is 0 Å². The van der Waals surface area contributed by atoms with Crippen molar-refractivity contribution in [2.45, 2.75) is 58.5 Å². The van der Waals surface area contributed by atoms with E-state index < -0.39 is 17.4 Å². The highest BCUT2D eigenvalue weighted by atomic mass is 16.2. The lowest BCUT2D eigenvalue weighted by Crippen LogP contribution is -2.63. The molecule has 7 nitrogen and oxygen atoms in total. The van der Waals surface area contributed by atoms with Crippen LogP contribution in [0.1, 0.15) is 67.7 Å². The predicted molar refractivity (Wildman–Crippen MR) is 127 cm³/mol. The van der Waals surface area contributed by atoms with Gasteiger partial charge in [-0.3, -0.25) is 14.6 Å². The summed E-state index contributed by atoms with van der Waals surface area (Å²) in [6, 6.07) is 6.19. The lowest BCUT2D eigenvalue weighted by Gasteiger charge is -2.48. The van der Waals surface area contributed by atoms with Crippen molar-refractivity contribution in [3.05, 3.63) is 47.2 Å². The van der Waals surface area contributed by atoms with Crippen LogP contribution in [0.25, 0.3) is 10.9 Å². The van der Waals surface area contributed by atoms with Gasteiger partial charge in [0.1, 0.15) is 0 Å². The first-order chi connectivity index (χ1) is 15.2. The highest BCUT2D eigenvalue weighted by molar-refractivity contribution is 6.07. The molecule has 3 heterocycles. The molecule has 7 heteroatoms. The normalized spacial score (nSPS) is 22.5. The molecule has 0 bridgehead atoms. The minimum Gasteiger partial charge on any atom is -0.366 e. The first-order valence-electron chi connectivity index (χ1n) is 11.6. The van der Waals surface area contributed by atoms with E-state index in [0.29, 0.717) is 5.56 Å². The highest BCUT2D eigenvalue weighted by Gasteiger charge is 2.41. The number of hydrazine groups is 1. The summed E-state index contributed by atoms with van der Waals surface area (Å²) in [6.45, 7) is 13.8. The number of carbonyl (C=O) groups is 2. The first-order valence-corrected chi connectivity index (χ1v) is 11.6. The van der Waals surface area contributed by atoms with E-state index in [9.17, 15) is 9.59 Å². The molecule has 1 aromatic carbocycles. The maximum atomic E-state index is 13.8. The lowest BCUT2D eigenvalue weighted by atomic mass is 9.87. The number of primary amides is 1. The molecule has 2 aromatic rings. The molecule has 1 saturated heterocycles. The average Bonchev–Trinajstić information content (AvgIpc) is 3.08. The van der Waals surface area contributed by atoms with Gasteiger partial charge in [0, 0.05) is 54.4 Å². The van der Waals surface area contributed by atoms with Gasteiger partial charge < -0.3 is 15.6 Å². The van der Waals surface area contributed by atoms with Crippen molar-refractivity contribution in [2.75, 3.05) is 26.2 Å². The summed E-state index contributed by atoms with van der Waals surface area (Å²) in [5.74, 6) is -0.891. The van der Waals surface area contributed by atoms with E-state index in [4.69, 9.17) is 5.73 Å². The Morgan fingerprint density at radius 1 is 1.25 bits per heavy atom. The zero-order valence-electron chi connectivity index (χ0n) is 19.8.